The van der Waals surface area contributed by atoms with Gasteiger partial charge in [-0.1, -0.05) is 42.5 Å². The molecule has 0 amide bonds. The van der Waals surface area contributed by atoms with Crippen molar-refractivity contribution in [2.45, 2.75) is 27.1 Å². The van der Waals surface area contributed by atoms with Crippen LogP contribution in [0.25, 0.3) is 0 Å². The summed E-state index contributed by atoms with van der Waals surface area (Å²) >= 11 is 0. The van der Waals surface area contributed by atoms with E-state index in [9.17, 15) is 9.59 Å². The molecule has 5 heteroatoms. The van der Waals surface area contributed by atoms with E-state index in [2.05, 4.69) is 0 Å². The highest BCUT2D eigenvalue weighted by molar-refractivity contribution is 5.98. The van der Waals surface area contributed by atoms with E-state index in [1.807, 2.05) is 44.2 Å². The second-order valence-electron chi connectivity index (χ2n) is 5.23. The second-order valence-corrected chi connectivity index (χ2v) is 5.23. The summed E-state index contributed by atoms with van der Waals surface area (Å²) in [6.45, 7) is 6.12. The van der Waals surface area contributed by atoms with Crippen LogP contribution in [0.4, 0.5) is 0 Å². The van der Waals surface area contributed by atoms with Crippen LogP contribution in [-0.2, 0) is 9.47 Å². The van der Waals surface area contributed by atoms with Gasteiger partial charge in [0.05, 0.1) is 12.7 Å². The van der Waals surface area contributed by atoms with Crippen LogP contribution < -0.4 is 4.74 Å². The van der Waals surface area contributed by atoms with Gasteiger partial charge in [-0.15, -0.1) is 0 Å². The van der Waals surface area contributed by atoms with Crippen molar-refractivity contribution in [2.75, 3.05) is 20.3 Å². The van der Waals surface area contributed by atoms with Gasteiger partial charge in [-0.2, -0.15) is 0 Å². The number of ketones is 2. The van der Waals surface area contributed by atoms with Crippen molar-refractivity contribution in [3.05, 3.63) is 65.7 Å². The number of hydrogen-bond donors (Lipinski definition) is 0. The third-order valence-corrected chi connectivity index (χ3v) is 3.39. The van der Waals surface area contributed by atoms with Crippen LogP contribution in [0.2, 0.25) is 0 Å². The Morgan fingerprint density at radius 2 is 1.42 bits per heavy atom. The van der Waals surface area contributed by atoms with Crippen LogP contribution in [0.15, 0.2) is 54.6 Å². The van der Waals surface area contributed by atoms with E-state index in [0.29, 0.717) is 30.1 Å². The smallest absolute Gasteiger partial charge is 0.222 e. The van der Waals surface area contributed by atoms with Gasteiger partial charge >= 0.3 is 0 Å². The normalized spacial score (nSPS) is 10.0. The molecule has 0 aliphatic rings. The van der Waals surface area contributed by atoms with Crippen molar-refractivity contribution < 1.29 is 23.8 Å². The van der Waals surface area contributed by atoms with E-state index >= 15 is 0 Å². The van der Waals surface area contributed by atoms with Gasteiger partial charge in [-0.3, -0.25) is 9.59 Å². The number of Topliss-reactive ketones (excluding diaryl/α,β-unsaturated/α-hetero) is 2. The lowest BCUT2D eigenvalue weighted by Gasteiger charge is -2.15. The molecule has 0 saturated heterocycles. The van der Waals surface area contributed by atoms with E-state index in [-0.39, 0.29) is 11.6 Å². The average Bonchev–Trinajstić information content (AvgIpc) is 2.68. The number of methoxy groups -OCH3 is 1. The summed E-state index contributed by atoms with van der Waals surface area (Å²) in [4.78, 5) is 22.8. The van der Waals surface area contributed by atoms with Gasteiger partial charge in [-0.25, -0.2) is 0 Å². The summed E-state index contributed by atoms with van der Waals surface area (Å²) in [5.74, 6) is 0.543. The number of carbonyl (C=O) groups excluding carboxylic acids is 2. The third-order valence-electron chi connectivity index (χ3n) is 3.39. The van der Waals surface area contributed by atoms with Crippen molar-refractivity contribution in [1.29, 1.82) is 0 Å². The SMILES string of the molecule is CCOC(OCC)C(=O)c1ccccc1.COc1ccccc1C(C)=O. The molecule has 2 rings (SSSR count). The molecule has 0 saturated carbocycles. The highest BCUT2D eigenvalue weighted by Crippen LogP contribution is 2.17. The molecule has 0 radical (unpaired) electrons. The largest absolute Gasteiger partial charge is 0.496 e. The first-order valence-corrected chi connectivity index (χ1v) is 8.51. The van der Waals surface area contributed by atoms with Crippen molar-refractivity contribution in [3.63, 3.8) is 0 Å². The van der Waals surface area contributed by atoms with E-state index in [4.69, 9.17) is 14.2 Å². The molecule has 26 heavy (non-hydrogen) atoms. The Morgan fingerprint density at radius 3 is 1.88 bits per heavy atom. The molecular weight excluding hydrogens is 332 g/mol. The van der Waals surface area contributed by atoms with Gasteiger partial charge in [0.15, 0.2) is 5.78 Å². The number of benzene rings is 2. The topological polar surface area (TPSA) is 61.8 Å². The van der Waals surface area contributed by atoms with Gasteiger partial charge in [0.2, 0.25) is 12.1 Å². The van der Waals surface area contributed by atoms with Crippen molar-refractivity contribution in [1.82, 2.24) is 0 Å². The lowest BCUT2D eigenvalue weighted by Crippen LogP contribution is -2.27. The highest BCUT2D eigenvalue weighted by Gasteiger charge is 2.19. The van der Waals surface area contributed by atoms with Gasteiger partial charge in [0.25, 0.3) is 0 Å². The van der Waals surface area contributed by atoms with Crippen molar-refractivity contribution in [2.24, 2.45) is 0 Å². The lowest BCUT2D eigenvalue weighted by atomic mass is 10.1. The zero-order valence-electron chi connectivity index (χ0n) is 15.7. The minimum absolute atomic E-state index is 0.0300. The van der Waals surface area contributed by atoms with E-state index < -0.39 is 6.29 Å². The number of rotatable bonds is 8. The van der Waals surface area contributed by atoms with Gasteiger partial charge in [0, 0.05) is 18.8 Å². The molecular formula is C21H26O5. The molecule has 0 aliphatic heterocycles. The van der Waals surface area contributed by atoms with Crippen molar-refractivity contribution >= 4 is 11.6 Å². The maximum absolute atomic E-state index is 11.9. The molecule has 0 atom stereocenters. The zero-order valence-corrected chi connectivity index (χ0v) is 15.7. The molecule has 2 aromatic carbocycles. The number of hydrogen-bond acceptors (Lipinski definition) is 5. The fraction of sp³-hybridized carbons (Fsp3) is 0.333. The summed E-state index contributed by atoms with van der Waals surface area (Å²) in [5, 5.41) is 0. The molecule has 0 unspecified atom stereocenters. The molecule has 5 nitrogen and oxygen atoms in total. The van der Waals surface area contributed by atoms with Crippen LogP contribution in [0.1, 0.15) is 41.5 Å². The molecule has 140 valence electrons. The standard InChI is InChI=1S/C12H16O3.C9H10O2/c1-3-14-12(15-4-2)11(13)10-8-6-5-7-9-10;1-7(10)8-5-3-4-6-9(8)11-2/h5-9,12H,3-4H2,1-2H3;3-6H,1-2H3. The predicted octanol–water partition coefficient (Wildman–Crippen LogP) is 4.17. The monoisotopic (exact) mass is 358 g/mol. The first-order valence-electron chi connectivity index (χ1n) is 8.51. The summed E-state index contributed by atoms with van der Waals surface area (Å²) in [5.41, 5.74) is 1.25. The summed E-state index contributed by atoms with van der Waals surface area (Å²) in [6, 6.07) is 16.2. The van der Waals surface area contributed by atoms with Crippen LogP contribution >= 0.6 is 0 Å². The molecule has 0 fully saturated rings. The molecule has 0 N–H and O–H groups in total. The van der Waals surface area contributed by atoms with Gasteiger partial charge in [-0.05, 0) is 32.9 Å². The van der Waals surface area contributed by atoms with Crippen LogP contribution in [0.3, 0.4) is 0 Å². The van der Waals surface area contributed by atoms with Gasteiger partial charge < -0.3 is 14.2 Å². The Balaban J connectivity index is 0.000000273. The Bertz CT molecular complexity index is 676. The summed E-state index contributed by atoms with van der Waals surface area (Å²) in [6.07, 6.45) is -0.776. The first kappa shape index (κ1) is 21.5. The third kappa shape index (κ3) is 6.78. The summed E-state index contributed by atoms with van der Waals surface area (Å²) in [7, 11) is 1.56. The predicted molar refractivity (Wildman–Crippen MR) is 101 cm³/mol. The highest BCUT2D eigenvalue weighted by atomic mass is 16.7. The Labute approximate surface area is 154 Å². The maximum atomic E-state index is 11.9. The Kier molecular flexibility index (Phi) is 9.90. The van der Waals surface area contributed by atoms with Crippen LogP contribution in [-0.4, -0.2) is 38.2 Å². The zero-order chi connectivity index (χ0) is 19.4. The number of carbonyl (C=O) groups is 2. The average molecular weight is 358 g/mol. The minimum Gasteiger partial charge on any atom is -0.496 e. The van der Waals surface area contributed by atoms with Crippen LogP contribution in [0.5, 0.6) is 5.75 Å². The Hall–Kier alpha value is -2.50. The molecule has 0 aliphatic carbocycles. The van der Waals surface area contributed by atoms with Gasteiger partial charge in [0.1, 0.15) is 5.75 Å². The Morgan fingerprint density at radius 1 is 0.885 bits per heavy atom. The number of para-hydroxylation sites is 1. The van der Waals surface area contributed by atoms with E-state index in [1.54, 1.807) is 31.4 Å². The molecule has 0 bridgehead atoms. The van der Waals surface area contributed by atoms with E-state index in [0.717, 1.165) is 0 Å². The lowest BCUT2D eigenvalue weighted by molar-refractivity contribution is -0.107. The van der Waals surface area contributed by atoms with E-state index in [1.165, 1.54) is 6.92 Å². The minimum atomic E-state index is -0.776. The molecule has 0 heterocycles. The maximum Gasteiger partial charge on any atom is 0.222 e. The fourth-order valence-corrected chi connectivity index (χ4v) is 2.18. The molecule has 2 aromatic rings. The quantitative estimate of drug-likeness (QED) is 0.524. The first-order chi connectivity index (χ1) is 12.5. The second kappa shape index (κ2) is 12.0. The van der Waals surface area contributed by atoms with Crippen molar-refractivity contribution in [3.8, 4) is 5.75 Å². The summed E-state index contributed by atoms with van der Waals surface area (Å²) < 4.78 is 15.4. The molecule has 0 spiro atoms. The molecule has 0 aromatic heterocycles. The van der Waals surface area contributed by atoms with Crippen LogP contribution in [0, 0.1) is 0 Å². The number of ether oxygens (including phenoxy) is 3. The fourth-order valence-electron chi connectivity index (χ4n) is 2.18.